The average molecular weight is 200 g/mol. The summed E-state index contributed by atoms with van der Waals surface area (Å²) < 4.78 is 5.81. The van der Waals surface area contributed by atoms with E-state index < -0.39 is 0 Å². The molecule has 1 atom stereocenters. The lowest BCUT2D eigenvalue weighted by molar-refractivity contribution is 0.0596. The summed E-state index contributed by atoms with van der Waals surface area (Å²) in [6.07, 6.45) is 3.09. The molecule has 78 valence electrons. The molecule has 15 heavy (non-hydrogen) atoms. The van der Waals surface area contributed by atoms with E-state index in [9.17, 15) is 0 Å². The van der Waals surface area contributed by atoms with Gasteiger partial charge in [0.15, 0.2) is 0 Å². The van der Waals surface area contributed by atoms with E-state index in [1.807, 2.05) is 12.1 Å². The highest BCUT2D eigenvalue weighted by Gasteiger charge is 2.18. The van der Waals surface area contributed by atoms with Crippen LogP contribution in [0.5, 0.6) is 0 Å². The zero-order valence-corrected chi connectivity index (χ0v) is 9.07. The number of hydrogen-bond donors (Lipinski definition) is 0. The molecule has 0 aromatic heterocycles. The number of benzene rings is 1. The lowest BCUT2D eigenvalue weighted by atomic mass is 9.96. The summed E-state index contributed by atoms with van der Waals surface area (Å²) in [6.45, 7) is 6.65. The largest absolute Gasteiger partial charge is 0.369 e. The first kappa shape index (κ1) is 10.2. The quantitative estimate of drug-likeness (QED) is 0.708. The van der Waals surface area contributed by atoms with E-state index in [2.05, 4.69) is 37.8 Å². The van der Waals surface area contributed by atoms with Gasteiger partial charge in [0.25, 0.3) is 0 Å². The van der Waals surface area contributed by atoms with Gasteiger partial charge >= 0.3 is 0 Å². The molecular formula is C14H16O. The van der Waals surface area contributed by atoms with E-state index in [0.29, 0.717) is 6.61 Å². The molecule has 1 unspecified atom stereocenters. The molecule has 0 fully saturated rings. The van der Waals surface area contributed by atoms with E-state index >= 15 is 0 Å². The Hall–Kier alpha value is -1.34. The van der Waals surface area contributed by atoms with Crippen molar-refractivity contribution in [2.24, 2.45) is 0 Å². The zero-order valence-electron chi connectivity index (χ0n) is 9.07. The number of rotatable bonds is 2. The minimum atomic E-state index is 0.217. The fourth-order valence-electron chi connectivity index (χ4n) is 1.90. The molecule has 1 aromatic rings. The standard InChI is InChI=1S/C14H16O/c1-3-12-10-15-14(9-11(12)2)13-7-5-4-6-8-13/h3-8,14H,1,9-10H2,2H3. The Balaban J connectivity index is 2.17. The monoisotopic (exact) mass is 200 g/mol. The smallest absolute Gasteiger partial charge is 0.0866 e. The molecule has 0 saturated heterocycles. The van der Waals surface area contributed by atoms with Crippen LogP contribution in [0.25, 0.3) is 0 Å². The fourth-order valence-corrected chi connectivity index (χ4v) is 1.90. The molecule has 0 amide bonds. The van der Waals surface area contributed by atoms with Gasteiger partial charge in [-0.2, -0.15) is 0 Å². The van der Waals surface area contributed by atoms with E-state index in [-0.39, 0.29) is 6.10 Å². The lowest BCUT2D eigenvalue weighted by Gasteiger charge is -2.25. The highest BCUT2D eigenvalue weighted by atomic mass is 16.5. The molecule has 0 radical (unpaired) electrons. The summed E-state index contributed by atoms with van der Waals surface area (Å²) in [5.74, 6) is 0. The predicted molar refractivity (Wildman–Crippen MR) is 62.6 cm³/mol. The van der Waals surface area contributed by atoms with Crippen LogP contribution < -0.4 is 0 Å². The topological polar surface area (TPSA) is 9.23 Å². The van der Waals surface area contributed by atoms with Crippen LogP contribution in [-0.2, 0) is 4.74 Å². The van der Waals surface area contributed by atoms with Gasteiger partial charge in [0.1, 0.15) is 0 Å². The molecule has 0 bridgehead atoms. The van der Waals surface area contributed by atoms with E-state index in [0.717, 1.165) is 6.42 Å². The molecule has 1 aliphatic rings. The molecule has 0 spiro atoms. The molecule has 0 aliphatic carbocycles. The van der Waals surface area contributed by atoms with Gasteiger partial charge in [-0.1, -0.05) is 48.6 Å². The van der Waals surface area contributed by atoms with Crippen LogP contribution in [0.3, 0.4) is 0 Å². The molecule has 1 heterocycles. The van der Waals surface area contributed by atoms with Gasteiger partial charge in [-0.3, -0.25) is 0 Å². The van der Waals surface area contributed by atoms with Crippen molar-refractivity contribution in [3.63, 3.8) is 0 Å². The molecular weight excluding hydrogens is 184 g/mol. The van der Waals surface area contributed by atoms with E-state index in [1.165, 1.54) is 16.7 Å². The molecule has 2 rings (SSSR count). The van der Waals surface area contributed by atoms with Gasteiger partial charge in [-0.25, -0.2) is 0 Å². The molecule has 0 N–H and O–H groups in total. The normalized spacial score (nSPS) is 21.5. The van der Waals surface area contributed by atoms with Crippen molar-refractivity contribution in [1.82, 2.24) is 0 Å². The van der Waals surface area contributed by atoms with Gasteiger partial charge < -0.3 is 4.74 Å². The van der Waals surface area contributed by atoms with Crippen molar-refractivity contribution < 1.29 is 4.74 Å². The summed E-state index contributed by atoms with van der Waals surface area (Å²) in [5.41, 5.74) is 3.90. The Morgan fingerprint density at radius 1 is 1.33 bits per heavy atom. The highest BCUT2D eigenvalue weighted by Crippen LogP contribution is 2.31. The first-order chi connectivity index (χ1) is 7.31. The minimum absolute atomic E-state index is 0.217. The SMILES string of the molecule is C=CC1=C(C)CC(c2ccccc2)OC1. The third kappa shape index (κ3) is 2.18. The maximum absolute atomic E-state index is 5.81. The molecule has 1 nitrogen and oxygen atoms in total. The van der Waals surface area contributed by atoms with Gasteiger partial charge in [0.2, 0.25) is 0 Å². The fraction of sp³-hybridized carbons (Fsp3) is 0.286. The Bertz CT molecular complexity index is 376. The number of hydrogen-bond acceptors (Lipinski definition) is 1. The van der Waals surface area contributed by atoms with Gasteiger partial charge in [-0.15, -0.1) is 0 Å². The molecule has 0 saturated carbocycles. The predicted octanol–water partition coefficient (Wildman–Crippen LogP) is 3.65. The zero-order chi connectivity index (χ0) is 10.7. The maximum atomic E-state index is 5.81. The van der Waals surface area contributed by atoms with Crippen molar-refractivity contribution in [1.29, 1.82) is 0 Å². The summed E-state index contributed by atoms with van der Waals surface area (Å²) in [7, 11) is 0. The van der Waals surface area contributed by atoms with Gasteiger partial charge in [-0.05, 0) is 24.5 Å². The molecule has 1 aromatic carbocycles. The summed E-state index contributed by atoms with van der Waals surface area (Å²) >= 11 is 0. The minimum Gasteiger partial charge on any atom is -0.369 e. The van der Waals surface area contributed by atoms with E-state index in [4.69, 9.17) is 4.74 Å². The Labute approximate surface area is 91.1 Å². The highest BCUT2D eigenvalue weighted by molar-refractivity contribution is 5.29. The summed E-state index contributed by atoms with van der Waals surface area (Å²) in [6, 6.07) is 10.4. The molecule has 1 heteroatoms. The number of ether oxygens (including phenoxy) is 1. The Kier molecular flexibility index (Phi) is 3.02. The van der Waals surface area contributed by atoms with Crippen molar-refractivity contribution >= 4 is 0 Å². The van der Waals surface area contributed by atoms with Crippen LogP contribution in [0, 0.1) is 0 Å². The van der Waals surface area contributed by atoms with Crippen LogP contribution in [0.2, 0.25) is 0 Å². The van der Waals surface area contributed by atoms with E-state index in [1.54, 1.807) is 0 Å². The van der Waals surface area contributed by atoms with Gasteiger partial charge in [0.05, 0.1) is 12.7 Å². The van der Waals surface area contributed by atoms with Gasteiger partial charge in [0, 0.05) is 0 Å². The second kappa shape index (κ2) is 4.45. The second-order valence-electron chi connectivity index (χ2n) is 3.92. The van der Waals surface area contributed by atoms with Crippen LogP contribution in [0.1, 0.15) is 25.0 Å². The summed E-state index contributed by atoms with van der Waals surface area (Å²) in [5, 5.41) is 0. The molecule has 1 aliphatic heterocycles. The summed E-state index contributed by atoms with van der Waals surface area (Å²) in [4.78, 5) is 0. The second-order valence-corrected chi connectivity index (χ2v) is 3.92. The van der Waals surface area contributed by atoms with Crippen LogP contribution in [0.4, 0.5) is 0 Å². The Morgan fingerprint density at radius 3 is 2.67 bits per heavy atom. The average Bonchev–Trinajstić information content (AvgIpc) is 2.30. The van der Waals surface area contributed by atoms with Crippen LogP contribution in [0.15, 0.2) is 54.1 Å². The van der Waals surface area contributed by atoms with Crippen molar-refractivity contribution in [3.05, 3.63) is 59.7 Å². The lowest BCUT2D eigenvalue weighted by Crippen LogP contribution is -2.13. The van der Waals surface area contributed by atoms with Crippen molar-refractivity contribution in [2.75, 3.05) is 6.61 Å². The first-order valence-corrected chi connectivity index (χ1v) is 5.29. The van der Waals surface area contributed by atoms with Crippen LogP contribution in [-0.4, -0.2) is 6.61 Å². The third-order valence-electron chi connectivity index (χ3n) is 2.90. The van der Waals surface area contributed by atoms with Crippen molar-refractivity contribution in [2.45, 2.75) is 19.4 Å². The van der Waals surface area contributed by atoms with Crippen LogP contribution >= 0.6 is 0 Å². The maximum Gasteiger partial charge on any atom is 0.0866 e. The Morgan fingerprint density at radius 2 is 2.07 bits per heavy atom. The first-order valence-electron chi connectivity index (χ1n) is 5.29. The van der Waals surface area contributed by atoms with Crippen molar-refractivity contribution in [3.8, 4) is 0 Å². The third-order valence-corrected chi connectivity index (χ3v) is 2.90.